The Morgan fingerprint density at radius 3 is 2.71 bits per heavy atom. The predicted molar refractivity (Wildman–Crippen MR) is 63.0 cm³/mol. The van der Waals surface area contributed by atoms with E-state index in [1.54, 1.807) is 6.07 Å². The van der Waals surface area contributed by atoms with Crippen molar-refractivity contribution < 1.29 is 19.1 Å². The third kappa shape index (κ3) is 3.81. The van der Waals surface area contributed by atoms with Gasteiger partial charge in [-0.3, -0.25) is 4.79 Å². The summed E-state index contributed by atoms with van der Waals surface area (Å²) in [6, 6.07) is 3.29. The second-order valence-corrected chi connectivity index (χ2v) is 4.30. The van der Waals surface area contributed by atoms with E-state index in [1.165, 1.54) is 19.1 Å². The second-order valence-electron chi connectivity index (χ2n) is 3.51. The van der Waals surface area contributed by atoms with Gasteiger partial charge in [-0.15, -0.1) is 0 Å². The van der Waals surface area contributed by atoms with Crippen LogP contribution in [0.1, 0.15) is 12.5 Å². The summed E-state index contributed by atoms with van der Waals surface area (Å²) >= 11 is 3.04. The Morgan fingerprint density at radius 1 is 1.53 bits per heavy atom. The van der Waals surface area contributed by atoms with Crippen LogP contribution in [0.25, 0.3) is 0 Å². The molecule has 1 aromatic carbocycles. The van der Waals surface area contributed by atoms with Crippen molar-refractivity contribution in [1.82, 2.24) is 5.32 Å². The van der Waals surface area contributed by atoms with Crippen LogP contribution in [-0.4, -0.2) is 23.0 Å². The summed E-state index contributed by atoms with van der Waals surface area (Å²) in [6.07, 6.45) is 0.0211. The third-order valence-electron chi connectivity index (χ3n) is 2.13. The van der Waals surface area contributed by atoms with Crippen LogP contribution >= 0.6 is 15.9 Å². The van der Waals surface area contributed by atoms with Crippen molar-refractivity contribution in [3.05, 3.63) is 34.1 Å². The van der Waals surface area contributed by atoms with Gasteiger partial charge >= 0.3 is 5.97 Å². The molecule has 1 unspecified atom stereocenters. The smallest absolute Gasteiger partial charge is 0.326 e. The first kappa shape index (κ1) is 13.6. The lowest BCUT2D eigenvalue weighted by Gasteiger charge is -2.14. The van der Waals surface area contributed by atoms with Crippen LogP contribution in [0.3, 0.4) is 0 Å². The molecule has 0 spiro atoms. The van der Waals surface area contributed by atoms with Gasteiger partial charge in [-0.05, 0) is 27.6 Å². The third-order valence-corrected chi connectivity index (χ3v) is 3.02. The van der Waals surface area contributed by atoms with Crippen molar-refractivity contribution in [3.8, 4) is 0 Å². The molecule has 1 atom stereocenters. The Balaban J connectivity index is 2.90. The maximum Gasteiger partial charge on any atom is 0.326 e. The van der Waals surface area contributed by atoms with Crippen molar-refractivity contribution in [2.75, 3.05) is 0 Å². The number of nitrogens with one attached hydrogen (secondary N) is 1. The van der Waals surface area contributed by atoms with E-state index in [9.17, 15) is 14.0 Å². The number of carboxylic acids is 1. The highest BCUT2D eigenvalue weighted by Crippen LogP contribution is 2.21. The summed E-state index contributed by atoms with van der Waals surface area (Å²) in [5, 5.41) is 11.2. The monoisotopic (exact) mass is 303 g/mol. The van der Waals surface area contributed by atoms with E-state index in [0.29, 0.717) is 5.56 Å². The Hall–Kier alpha value is -1.43. The minimum Gasteiger partial charge on any atom is -0.480 e. The molecule has 0 saturated carbocycles. The Labute approximate surface area is 106 Å². The average molecular weight is 304 g/mol. The van der Waals surface area contributed by atoms with E-state index in [4.69, 9.17) is 5.11 Å². The number of rotatable bonds is 4. The number of benzene rings is 1. The van der Waals surface area contributed by atoms with Gasteiger partial charge in [0.2, 0.25) is 5.91 Å². The molecule has 0 fully saturated rings. The van der Waals surface area contributed by atoms with Crippen molar-refractivity contribution >= 4 is 27.8 Å². The maximum atomic E-state index is 13.2. The first-order valence-electron chi connectivity index (χ1n) is 4.84. The van der Waals surface area contributed by atoms with E-state index in [1.807, 2.05) is 0 Å². The zero-order valence-corrected chi connectivity index (χ0v) is 10.6. The second kappa shape index (κ2) is 5.77. The molecule has 0 bridgehead atoms. The number of hydrogen-bond acceptors (Lipinski definition) is 2. The maximum absolute atomic E-state index is 13.2. The van der Waals surface area contributed by atoms with Crippen LogP contribution in [0, 0.1) is 5.82 Å². The molecule has 1 rings (SSSR count). The fourth-order valence-electron chi connectivity index (χ4n) is 1.37. The highest BCUT2D eigenvalue weighted by atomic mass is 79.9. The molecule has 17 heavy (non-hydrogen) atoms. The fraction of sp³-hybridized carbons (Fsp3) is 0.273. The largest absolute Gasteiger partial charge is 0.480 e. The number of carbonyl (C=O) groups excluding carboxylic acids is 1. The van der Waals surface area contributed by atoms with Gasteiger partial charge < -0.3 is 10.4 Å². The number of halogens is 2. The van der Waals surface area contributed by atoms with Crippen LogP contribution in [-0.2, 0) is 16.0 Å². The molecule has 1 amide bonds. The topological polar surface area (TPSA) is 66.4 Å². The van der Waals surface area contributed by atoms with Crippen LogP contribution in [0.5, 0.6) is 0 Å². The van der Waals surface area contributed by atoms with Gasteiger partial charge in [0.1, 0.15) is 11.9 Å². The van der Waals surface area contributed by atoms with Gasteiger partial charge in [0.15, 0.2) is 0 Å². The van der Waals surface area contributed by atoms with E-state index < -0.39 is 23.7 Å². The SMILES string of the molecule is CC(=O)NC(Cc1cccc(F)c1Br)C(=O)O. The summed E-state index contributed by atoms with van der Waals surface area (Å²) in [5.41, 5.74) is 0.492. The number of aliphatic carboxylic acids is 1. The molecule has 0 aliphatic carbocycles. The van der Waals surface area contributed by atoms with Gasteiger partial charge in [-0.25, -0.2) is 9.18 Å². The van der Waals surface area contributed by atoms with Gasteiger partial charge in [-0.1, -0.05) is 12.1 Å². The van der Waals surface area contributed by atoms with Gasteiger partial charge in [0.25, 0.3) is 0 Å². The minimum absolute atomic E-state index is 0.0211. The molecule has 4 nitrogen and oxygen atoms in total. The number of amides is 1. The molecule has 92 valence electrons. The Kier molecular flexibility index (Phi) is 4.62. The molecular weight excluding hydrogens is 293 g/mol. The van der Waals surface area contributed by atoms with Crippen molar-refractivity contribution in [2.24, 2.45) is 0 Å². The van der Waals surface area contributed by atoms with Gasteiger partial charge in [-0.2, -0.15) is 0 Å². The van der Waals surface area contributed by atoms with Crippen LogP contribution in [0.4, 0.5) is 4.39 Å². The highest BCUT2D eigenvalue weighted by molar-refractivity contribution is 9.10. The Morgan fingerprint density at radius 2 is 2.18 bits per heavy atom. The molecule has 2 N–H and O–H groups in total. The standard InChI is InChI=1S/C11H11BrFNO3/c1-6(15)14-9(11(16)17)5-7-3-2-4-8(13)10(7)12/h2-4,9H,5H2,1H3,(H,14,15)(H,16,17). The molecule has 0 radical (unpaired) electrons. The molecule has 0 saturated heterocycles. The van der Waals surface area contributed by atoms with Crippen molar-refractivity contribution in [2.45, 2.75) is 19.4 Å². The molecule has 6 heteroatoms. The molecule has 0 heterocycles. The summed E-state index contributed by atoms with van der Waals surface area (Å²) in [6.45, 7) is 1.23. The lowest BCUT2D eigenvalue weighted by atomic mass is 10.1. The predicted octanol–water partition coefficient (Wildman–Crippen LogP) is 1.72. The van der Waals surface area contributed by atoms with E-state index in [2.05, 4.69) is 21.2 Å². The number of hydrogen-bond donors (Lipinski definition) is 2. The van der Waals surface area contributed by atoms with Crippen LogP contribution in [0.15, 0.2) is 22.7 Å². The highest BCUT2D eigenvalue weighted by Gasteiger charge is 2.20. The molecular formula is C11H11BrFNO3. The number of carbonyl (C=O) groups is 2. The van der Waals surface area contributed by atoms with Crippen molar-refractivity contribution in [3.63, 3.8) is 0 Å². The van der Waals surface area contributed by atoms with E-state index in [-0.39, 0.29) is 10.9 Å². The molecule has 0 aromatic heterocycles. The number of carboxylic acid groups (broad SMARTS) is 1. The summed E-state index contributed by atoms with van der Waals surface area (Å²) in [4.78, 5) is 21.8. The fourth-order valence-corrected chi connectivity index (χ4v) is 1.80. The molecule has 0 aliphatic rings. The van der Waals surface area contributed by atoms with E-state index >= 15 is 0 Å². The average Bonchev–Trinajstić information content (AvgIpc) is 2.22. The normalized spacial score (nSPS) is 11.9. The van der Waals surface area contributed by atoms with Gasteiger partial charge in [0.05, 0.1) is 4.47 Å². The summed E-state index contributed by atoms with van der Waals surface area (Å²) < 4.78 is 13.4. The van der Waals surface area contributed by atoms with E-state index in [0.717, 1.165) is 0 Å². The first-order valence-corrected chi connectivity index (χ1v) is 5.64. The first-order chi connectivity index (χ1) is 7.91. The molecule has 0 aliphatic heterocycles. The summed E-state index contributed by atoms with van der Waals surface area (Å²) in [7, 11) is 0. The van der Waals surface area contributed by atoms with Crippen molar-refractivity contribution in [1.29, 1.82) is 0 Å². The zero-order chi connectivity index (χ0) is 13.0. The summed E-state index contributed by atoms with van der Waals surface area (Å²) in [5.74, 6) is -2.06. The molecule has 1 aromatic rings. The van der Waals surface area contributed by atoms with Crippen LogP contribution in [0.2, 0.25) is 0 Å². The zero-order valence-electron chi connectivity index (χ0n) is 9.04. The minimum atomic E-state index is -1.16. The quantitative estimate of drug-likeness (QED) is 0.890. The Bertz CT molecular complexity index is 450. The lowest BCUT2D eigenvalue weighted by Crippen LogP contribution is -2.41. The van der Waals surface area contributed by atoms with Crippen LogP contribution < -0.4 is 5.32 Å². The lowest BCUT2D eigenvalue weighted by molar-refractivity contribution is -0.141. The van der Waals surface area contributed by atoms with Gasteiger partial charge in [0, 0.05) is 13.3 Å².